The van der Waals surface area contributed by atoms with Crippen molar-refractivity contribution in [3.8, 4) is 0 Å². The van der Waals surface area contributed by atoms with Crippen molar-refractivity contribution in [3.05, 3.63) is 41.7 Å². The first-order valence-electron chi connectivity index (χ1n) is 9.44. The minimum atomic E-state index is -0.00310. The maximum Gasteiger partial charge on any atom is 0.0519 e. The first-order valence-corrected chi connectivity index (χ1v) is 10.3. The second-order valence-electron chi connectivity index (χ2n) is 8.19. The molecule has 2 N–H and O–H groups in total. The molecule has 3 nitrogen and oxygen atoms in total. The van der Waals surface area contributed by atoms with Gasteiger partial charge in [0.2, 0.25) is 0 Å². The lowest BCUT2D eigenvalue weighted by atomic mass is 9.55. The molecule has 3 rings (SSSR count). The second-order valence-corrected chi connectivity index (χ2v) is 8.97. The molecule has 0 spiro atoms. The Labute approximate surface area is 156 Å². The van der Waals surface area contributed by atoms with Gasteiger partial charge < -0.3 is 9.96 Å². The lowest BCUT2D eigenvalue weighted by molar-refractivity contribution is 0.0868. The first-order chi connectivity index (χ1) is 12.0. The van der Waals surface area contributed by atoms with Gasteiger partial charge in [-0.05, 0) is 67.6 Å². The first kappa shape index (κ1) is 18.7. The number of pyridine rings is 1. The van der Waals surface area contributed by atoms with Crippen molar-refractivity contribution >= 4 is 17.8 Å². The Morgan fingerprint density at radius 1 is 1.44 bits per heavy atom. The van der Waals surface area contributed by atoms with Crippen molar-refractivity contribution in [2.75, 3.05) is 0 Å². The highest BCUT2D eigenvalue weighted by molar-refractivity contribution is 7.94. The van der Waals surface area contributed by atoms with Gasteiger partial charge in [0.15, 0.2) is 0 Å². The van der Waals surface area contributed by atoms with Crippen molar-refractivity contribution in [1.29, 1.82) is 5.41 Å². The highest BCUT2D eigenvalue weighted by Gasteiger charge is 2.47. The highest BCUT2D eigenvalue weighted by atomic mass is 32.2. The Kier molecular flexibility index (Phi) is 5.69. The van der Waals surface area contributed by atoms with Crippen LogP contribution in [0.2, 0.25) is 0 Å². The van der Waals surface area contributed by atoms with E-state index in [1.165, 1.54) is 37.7 Å². The molecule has 1 fully saturated rings. The highest BCUT2D eigenvalue weighted by Crippen LogP contribution is 2.52. The summed E-state index contributed by atoms with van der Waals surface area (Å²) in [7, 11) is 0. The third kappa shape index (κ3) is 3.56. The minimum Gasteiger partial charge on any atom is -0.329 e. The smallest absolute Gasteiger partial charge is 0.0519 e. The van der Waals surface area contributed by atoms with Gasteiger partial charge in [0.1, 0.15) is 0 Å². The van der Waals surface area contributed by atoms with Crippen LogP contribution in [-0.4, -0.2) is 20.5 Å². The van der Waals surface area contributed by atoms with E-state index >= 15 is 0 Å². The molecular formula is C21H30N2OS. The van der Waals surface area contributed by atoms with E-state index < -0.39 is 0 Å². The number of nitrogens with one attached hydrogen (secondary N) is 1. The summed E-state index contributed by atoms with van der Waals surface area (Å²) in [4.78, 5) is 4.32. The van der Waals surface area contributed by atoms with Crippen molar-refractivity contribution in [1.82, 2.24) is 4.98 Å². The van der Waals surface area contributed by atoms with E-state index in [0.29, 0.717) is 5.92 Å². The zero-order chi connectivity index (χ0) is 18.0. The second kappa shape index (κ2) is 7.63. The quantitative estimate of drug-likeness (QED) is 0.520. The standard InChI is InChI=1S/C21H30N2OS/c1-14(2)19(25-24)11-18-20(22)17-9-10-23-13-15(17)12-21(18,3)16-7-5-4-6-8-16/h9-10,13,16,18-19,22,24H,1,4-8,11-12H2,2-3H3. The molecular weight excluding hydrogens is 328 g/mol. The van der Waals surface area contributed by atoms with Crippen molar-refractivity contribution < 1.29 is 4.55 Å². The van der Waals surface area contributed by atoms with Crippen LogP contribution >= 0.6 is 12.0 Å². The van der Waals surface area contributed by atoms with E-state index in [2.05, 4.69) is 18.5 Å². The maximum absolute atomic E-state index is 9.76. The zero-order valence-electron chi connectivity index (χ0n) is 15.4. The van der Waals surface area contributed by atoms with Crippen LogP contribution in [0.15, 0.2) is 30.6 Å². The van der Waals surface area contributed by atoms with Gasteiger partial charge in [-0.15, -0.1) is 0 Å². The molecule has 3 atom stereocenters. The Hall–Kier alpha value is -1.13. The van der Waals surface area contributed by atoms with E-state index in [-0.39, 0.29) is 16.6 Å². The summed E-state index contributed by atoms with van der Waals surface area (Å²) in [5.74, 6) is 0.807. The predicted molar refractivity (Wildman–Crippen MR) is 106 cm³/mol. The summed E-state index contributed by atoms with van der Waals surface area (Å²) in [6.07, 6.45) is 12.0. The Morgan fingerprint density at radius 2 is 2.16 bits per heavy atom. The topological polar surface area (TPSA) is 57.0 Å². The average Bonchev–Trinajstić information content (AvgIpc) is 2.62. The molecule has 2 aliphatic rings. The SMILES string of the molecule is C=C(C)C(CC1C(=N)c2ccncc2CC1(C)C1CCCCC1)SO. The van der Waals surface area contributed by atoms with Gasteiger partial charge in [0.05, 0.1) is 5.25 Å². The van der Waals surface area contributed by atoms with Gasteiger partial charge in [-0.2, -0.15) is 0 Å². The Bertz CT molecular complexity index is 653. The largest absolute Gasteiger partial charge is 0.329 e. The lowest BCUT2D eigenvalue weighted by Gasteiger charge is -2.49. The summed E-state index contributed by atoms with van der Waals surface area (Å²) in [6, 6.07) is 1.99. The van der Waals surface area contributed by atoms with E-state index in [4.69, 9.17) is 5.41 Å². The molecule has 1 heterocycles. The summed E-state index contributed by atoms with van der Waals surface area (Å²) in [5.41, 5.74) is 4.07. The summed E-state index contributed by atoms with van der Waals surface area (Å²) in [6.45, 7) is 8.43. The molecule has 0 radical (unpaired) electrons. The fraction of sp³-hybridized carbons (Fsp3) is 0.619. The molecule has 0 amide bonds. The van der Waals surface area contributed by atoms with Crippen LogP contribution in [0.1, 0.15) is 63.5 Å². The van der Waals surface area contributed by atoms with E-state index in [1.54, 1.807) is 6.20 Å². The molecule has 1 saturated carbocycles. The van der Waals surface area contributed by atoms with E-state index in [9.17, 15) is 4.55 Å². The molecule has 1 aromatic rings. The van der Waals surface area contributed by atoms with Crippen molar-refractivity contribution in [3.63, 3.8) is 0 Å². The van der Waals surface area contributed by atoms with Gasteiger partial charge >= 0.3 is 0 Å². The Balaban J connectivity index is 1.99. The monoisotopic (exact) mass is 358 g/mol. The van der Waals surface area contributed by atoms with Crippen molar-refractivity contribution in [2.45, 2.75) is 64.0 Å². The van der Waals surface area contributed by atoms with E-state index in [0.717, 1.165) is 41.7 Å². The van der Waals surface area contributed by atoms with Crippen LogP contribution in [0.25, 0.3) is 0 Å². The molecule has 2 aliphatic carbocycles. The van der Waals surface area contributed by atoms with Crippen molar-refractivity contribution in [2.24, 2.45) is 17.3 Å². The van der Waals surface area contributed by atoms with Gasteiger partial charge in [-0.1, -0.05) is 38.3 Å². The Morgan fingerprint density at radius 3 is 2.80 bits per heavy atom. The van der Waals surface area contributed by atoms with Crippen LogP contribution in [0.3, 0.4) is 0 Å². The van der Waals surface area contributed by atoms with Crippen LogP contribution in [0.4, 0.5) is 0 Å². The summed E-state index contributed by atoms with van der Waals surface area (Å²) >= 11 is 0.894. The number of fused-ring (bicyclic) bond motifs is 1. The normalized spacial score (nSPS) is 28.4. The van der Waals surface area contributed by atoms with Crippen LogP contribution < -0.4 is 0 Å². The van der Waals surface area contributed by atoms with Gasteiger partial charge in [-0.3, -0.25) is 4.98 Å². The van der Waals surface area contributed by atoms with Gasteiger partial charge in [0, 0.05) is 29.6 Å². The molecule has 0 saturated heterocycles. The number of hydrogen-bond donors (Lipinski definition) is 2. The fourth-order valence-corrected chi connectivity index (χ4v) is 5.47. The molecule has 0 bridgehead atoms. The van der Waals surface area contributed by atoms with Crippen LogP contribution in [0.5, 0.6) is 0 Å². The number of nitrogens with zero attached hydrogens (tertiary/aromatic N) is 1. The molecule has 136 valence electrons. The maximum atomic E-state index is 9.76. The number of rotatable bonds is 5. The number of hydrogen-bond acceptors (Lipinski definition) is 4. The molecule has 25 heavy (non-hydrogen) atoms. The van der Waals surface area contributed by atoms with Crippen LogP contribution in [-0.2, 0) is 6.42 Å². The van der Waals surface area contributed by atoms with Crippen LogP contribution in [0, 0.1) is 22.7 Å². The lowest BCUT2D eigenvalue weighted by Crippen LogP contribution is -2.47. The van der Waals surface area contributed by atoms with E-state index in [1.807, 2.05) is 19.2 Å². The average molecular weight is 359 g/mol. The molecule has 3 unspecified atom stereocenters. The summed E-state index contributed by atoms with van der Waals surface area (Å²) in [5, 5.41) is 8.96. The third-order valence-corrected chi connectivity index (χ3v) is 7.42. The number of aromatic nitrogens is 1. The third-order valence-electron chi connectivity index (χ3n) is 6.57. The molecule has 0 aliphatic heterocycles. The molecule has 0 aromatic carbocycles. The summed E-state index contributed by atoms with van der Waals surface area (Å²) < 4.78 is 9.76. The predicted octanol–water partition coefficient (Wildman–Crippen LogP) is 5.75. The minimum absolute atomic E-state index is 0.00310. The zero-order valence-corrected chi connectivity index (χ0v) is 16.2. The molecule has 1 aromatic heterocycles. The van der Waals surface area contributed by atoms with Gasteiger partial charge in [0.25, 0.3) is 0 Å². The molecule has 4 heteroatoms. The fourth-order valence-electron chi connectivity index (χ4n) is 5.01. The van der Waals surface area contributed by atoms with Gasteiger partial charge in [-0.25, -0.2) is 0 Å².